The van der Waals surface area contributed by atoms with Gasteiger partial charge in [-0.1, -0.05) is 0 Å². The van der Waals surface area contributed by atoms with Crippen LogP contribution in [0.4, 0.5) is 13.2 Å². The Morgan fingerprint density at radius 3 is 2.29 bits per heavy atom. The Bertz CT molecular complexity index is 741. The number of sulfone groups is 1. The van der Waals surface area contributed by atoms with Crippen molar-refractivity contribution in [2.24, 2.45) is 5.73 Å². The van der Waals surface area contributed by atoms with Crippen LogP contribution < -0.4 is 5.73 Å². The van der Waals surface area contributed by atoms with Crippen molar-refractivity contribution in [1.29, 1.82) is 0 Å². The zero-order valence-corrected chi connectivity index (χ0v) is 11.6. The van der Waals surface area contributed by atoms with Crippen molar-refractivity contribution in [3.05, 3.63) is 29.1 Å². The van der Waals surface area contributed by atoms with Gasteiger partial charge in [-0.15, -0.1) is 0 Å². The number of halogens is 3. The van der Waals surface area contributed by atoms with Gasteiger partial charge in [-0.05, 0) is 30.5 Å². The zero-order valence-electron chi connectivity index (χ0n) is 10.8. The van der Waals surface area contributed by atoms with Crippen LogP contribution in [-0.4, -0.2) is 25.5 Å². The SMILES string of the molecule is NC(=O)c1cc(C2CC2(F)F)cc(S(=O)(=O)C2CC2)c1F. The molecular weight excluding hydrogens is 307 g/mol. The van der Waals surface area contributed by atoms with E-state index in [9.17, 15) is 26.4 Å². The second kappa shape index (κ2) is 4.22. The quantitative estimate of drug-likeness (QED) is 0.922. The van der Waals surface area contributed by atoms with Gasteiger partial charge >= 0.3 is 0 Å². The number of hydrogen-bond donors (Lipinski definition) is 1. The van der Waals surface area contributed by atoms with Gasteiger partial charge in [-0.3, -0.25) is 4.79 Å². The molecule has 0 bridgehead atoms. The largest absolute Gasteiger partial charge is 0.366 e. The molecule has 2 saturated carbocycles. The molecule has 0 heterocycles. The summed E-state index contributed by atoms with van der Waals surface area (Å²) in [5.41, 5.74) is 4.30. The first-order valence-corrected chi connectivity index (χ1v) is 7.94. The topological polar surface area (TPSA) is 77.2 Å². The van der Waals surface area contributed by atoms with Gasteiger partial charge in [0.15, 0.2) is 15.7 Å². The summed E-state index contributed by atoms with van der Waals surface area (Å²) in [7, 11) is -3.95. The Balaban J connectivity index is 2.17. The average Bonchev–Trinajstić information content (AvgIpc) is 3.25. The van der Waals surface area contributed by atoms with Crippen LogP contribution in [0.25, 0.3) is 0 Å². The van der Waals surface area contributed by atoms with E-state index in [1.165, 1.54) is 0 Å². The first-order chi connectivity index (χ1) is 9.64. The lowest BCUT2D eigenvalue weighted by Gasteiger charge is -2.10. The lowest BCUT2D eigenvalue weighted by atomic mass is 10.1. The number of primary amides is 1. The van der Waals surface area contributed by atoms with Crippen LogP contribution in [0.5, 0.6) is 0 Å². The molecule has 1 unspecified atom stereocenters. The third-order valence-corrected chi connectivity index (χ3v) is 6.08. The summed E-state index contributed by atoms with van der Waals surface area (Å²) in [6.45, 7) is 0. The molecule has 0 spiro atoms. The predicted molar refractivity (Wildman–Crippen MR) is 67.4 cm³/mol. The highest BCUT2D eigenvalue weighted by atomic mass is 32.2. The van der Waals surface area contributed by atoms with E-state index < -0.39 is 55.5 Å². The molecule has 1 aromatic carbocycles. The highest BCUT2D eigenvalue weighted by Gasteiger charge is 2.58. The van der Waals surface area contributed by atoms with E-state index in [4.69, 9.17) is 5.73 Å². The molecule has 3 rings (SSSR count). The Hall–Kier alpha value is -1.57. The summed E-state index contributed by atoms with van der Waals surface area (Å²) in [4.78, 5) is 10.5. The first-order valence-electron chi connectivity index (χ1n) is 6.39. The summed E-state index contributed by atoms with van der Waals surface area (Å²) in [5.74, 6) is -6.56. The number of hydrogen-bond acceptors (Lipinski definition) is 3. The van der Waals surface area contributed by atoms with Crippen molar-refractivity contribution in [2.75, 3.05) is 0 Å². The predicted octanol–water partition coefficient (Wildman–Crippen LogP) is 1.98. The minimum Gasteiger partial charge on any atom is -0.366 e. The molecule has 8 heteroatoms. The molecule has 0 aliphatic heterocycles. The standard InChI is InChI=1S/C13H12F3NO3S/c14-11-8(12(17)18)3-6(9-5-13(9,15)16)4-10(11)21(19,20)7-1-2-7/h3-4,7,9H,1-2,5H2,(H2,17,18). The van der Waals surface area contributed by atoms with E-state index in [-0.39, 0.29) is 5.56 Å². The number of carbonyl (C=O) groups is 1. The maximum absolute atomic E-state index is 14.2. The molecule has 4 nitrogen and oxygen atoms in total. The smallest absolute Gasteiger partial charge is 0.255 e. The van der Waals surface area contributed by atoms with Gasteiger partial charge in [0.25, 0.3) is 11.8 Å². The molecule has 0 aromatic heterocycles. The van der Waals surface area contributed by atoms with Gasteiger partial charge in [-0.2, -0.15) is 0 Å². The molecule has 2 aliphatic rings. The minimum atomic E-state index is -3.95. The average molecular weight is 319 g/mol. The Morgan fingerprint density at radius 1 is 1.29 bits per heavy atom. The van der Waals surface area contributed by atoms with E-state index in [1.807, 2.05) is 0 Å². The molecule has 114 valence electrons. The molecule has 0 radical (unpaired) electrons. The number of nitrogens with two attached hydrogens (primary N) is 1. The van der Waals surface area contributed by atoms with Crippen LogP contribution in [-0.2, 0) is 9.84 Å². The normalized spacial score (nSPS) is 23.9. The fraction of sp³-hybridized carbons (Fsp3) is 0.462. The van der Waals surface area contributed by atoms with Gasteiger partial charge in [-0.25, -0.2) is 21.6 Å². The van der Waals surface area contributed by atoms with Gasteiger partial charge in [0.2, 0.25) is 0 Å². The van der Waals surface area contributed by atoms with Crippen LogP contribution in [0.3, 0.4) is 0 Å². The summed E-state index contributed by atoms with van der Waals surface area (Å²) < 4.78 is 64.8. The van der Waals surface area contributed by atoms with Crippen LogP contribution in [0.15, 0.2) is 17.0 Å². The van der Waals surface area contributed by atoms with Crippen LogP contribution in [0, 0.1) is 5.82 Å². The van der Waals surface area contributed by atoms with E-state index in [2.05, 4.69) is 0 Å². The van der Waals surface area contributed by atoms with Gasteiger partial charge in [0.05, 0.1) is 16.7 Å². The summed E-state index contributed by atoms with van der Waals surface area (Å²) in [5, 5.41) is -0.706. The summed E-state index contributed by atoms with van der Waals surface area (Å²) >= 11 is 0. The zero-order chi connectivity index (χ0) is 15.6. The van der Waals surface area contributed by atoms with Gasteiger partial charge < -0.3 is 5.73 Å². The second-order valence-corrected chi connectivity index (χ2v) is 7.70. The van der Waals surface area contributed by atoms with E-state index in [0.29, 0.717) is 12.8 Å². The van der Waals surface area contributed by atoms with Crippen LogP contribution in [0.1, 0.15) is 41.1 Å². The maximum atomic E-state index is 14.2. The molecule has 0 saturated heterocycles. The van der Waals surface area contributed by atoms with Crippen molar-refractivity contribution >= 4 is 15.7 Å². The van der Waals surface area contributed by atoms with Crippen molar-refractivity contribution in [1.82, 2.24) is 0 Å². The van der Waals surface area contributed by atoms with Crippen molar-refractivity contribution in [3.8, 4) is 0 Å². The van der Waals surface area contributed by atoms with Gasteiger partial charge in [0.1, 0.15) is 4.90 Å². The molecule has 1 atom stereocenters. The fourth-order valence-electron chi connectivity index (χ4n) is 2.34. The Labute approximate surface area is 119 Å². The number of amides is 1. The molecule has 2 aliphatic carbocycles. The summed E-state index contributed by atoms with van der Waals surface area (Å²) in [6.07, 6.45) is 0.356. The van der Waals surface area contributed by atoms with Crippen molar-refractivity contribution in [2.45, 2.75) is 41.2 Å². The van der Waals surface area contributed by atoms with Crippen LogP contribution in [0.2, 0.25) is 0 Å². The van der Waals surface area contributed by atoms with E-state index in [1.54, 1.807) is 0 Å². The van der Waals surface area contributed by atoms with E-state index >= 15 is 0 Å². The third kappa shape index (κ3) is 2.31. The highest BCUT2D eigenvalue weighted by Crippen LogP contribution is 2.56. The molecule has 2 N–H and O–H groups in total. The maximum Gasteiger partial charge on any atom is 0.255 e. The number of rotatable bonds is 4. The molecule has 1 amide bonds. The van der Waals surface area contributed by atoms with Crippen molar-refractivity contribution < 1.29 is 26.4 Å². The number of benzene rings is 1. The van der Waals surface area contributed by atoms with Crippen LogP contribution >= 0.6 is 0 Å². The minimum absolute atomic E-state index is 0.0607. The second-order valence-electron chi connectivity index (χ2n) is 5.51. The molecule has 2 fully saturated rings. The molecular formula is C13H12F3NO3S. The number of alkyl halides is 2. The lowest BCUT2D eigenvalue weighted by molar-refractivity contribution is 0.0993. The summed E-state index contributed by atoms with van der Waals surface area (Å²) in [6, 6.07) is 1.84. The highest BCUT2D eigenvalue weighted by molar-refractivity contribution is 7.92. The fourth-order valence-corrected chi connectivity index (χ4v) is 4.12. The Morgan fingerprint density at radius 2 is 1.86 bits per heavy atom. The lowest BCUT2D eigenvalue weighted by Crippen LogP contribution is -2.18. The third-order valence-electron chi connectivity index (χ3n) is 3.83. The molecule has 1 aromatic rings. The van der Waals surface area contributed by atoms with Crippen molar-refractivity contribution in [3.63, 3.8) is 0 Å². The first kappa shape index (κ1) is 14.4. The monoisotopic (exact) mass is 319 g/mol. The number of carbonyl (C=O) groups excluding carboxylic acids is 1. The Kier molecular flexibility index (Phi) is 2.89. The molecule has 21 heavy (non-hydrogen) atoms. The van der Waals surface area contributed by atoms with E-state index in [0.717, 1.165) is 12.1 Å². The van der Waals surface area contributed by atoms with Gasteiger partial charge in [0, 0.05) is 6.42 Å².